The number of aliphatic imine (C=N–C) groups is 1. The molecule has 1 N–H and O–H groups in total. The molecule has 0 radical (unpaired) electrons. The lowest BCUT2D eigenvalue weighted by atomic mass is 9.99. The molecule has 3 unspecified atom stereocenters. The summed E-state index contributed by atoms with van der Waals surface area (Å²) in [6.45, 7) is 9.48. The molecular formula is C14H28IN3O2S. The van der Waals surface area contributed by atoms with Crippen molar-refractivity contribution in [3.05, 3.63) is 0 Å². The van der Waals surface area contributed by atoms with Crippen molar-refractivity contribution in [2.75, 3.05) is 39.5 Å². The maximum absolute atomic E-state index is 11.8. The fourth-order valence-corrected chi connectivity index (χ4v) is 2.54. The molecule has 0 aliphatic carbocycles. The quantitative estimate of drug-likeness (QED) is 0.314. The Morgan fingerprint density at radius 3 is 2.71 bits per heavy atom. The Morgan fingerprint density at radius 1 is 1.52 bits per heavy atom. The van der Waals surface area contributed by atoms with E-state index in [-0.39, 0.29) is 35.9 Å². The van der Waals surface area contributed by atoms with Gasteiger partial charge in [-0.05, 0) is 19.1 Å². The van der Waals surface area contributed by atoms with Crippen molar-refractivity contribution in [3.8, 4) is 0 Å². The number of esters is 1. The van der Waals surface area contributed by atoms with Crippen LogP contribution in [0.3, 0.4) is 0 Å². The summed E-state index contributed by atoms with van der Waals surface area (Å²) in [5.41, 5.74) is 0. The minimum atomic E-state index is -0.117. The van der Waals surface area contributed by atoms with Crippen LogP contribution in [0, 0.1) is 11.8 Å². The van der Waals surface area contributed by atoms with E-state index in [4.69, 9.17) is 4.74 Å². The number of rotatable bonds is 5. The van der Waals surface area contributed by atoms with Gasteiger partial charge < -0.3 is 15.0 Å². The summed E-state index contributed by atoms with van der Waals surface area (Å²) in [5, 5.41) is 3.82. The molecule has 1 saturated heterocycles. The van der Waals surface area contributed by atoms with E-state index >= 15 is 0 Å². The van der Waals surface area contributed by atoms with Crippen LogP contribution in [0.15, 0.2) is 4.99 Å². The Kier molecular flexibility index (Phi) is 10.4. The minimum absolute atomic E-state index is 0. The van der Waals surface area contributed by atoms with Gasteiger partial charge in [0.2, 0.25) is 0 Å². The van der Waals surface area contributed by atoms with Crippen molar-refractivity contribution in [1.82, 2.24) is 10.2 Å². The maximum atomic E-state index is 11.8. The topological polar surface area (TPSA) is 53.9 Å². The third kappa shape index (κ3) is 6.22. The first-order chi connectivity index (χ1) is 9.53. The van der Waals surface area contributed by atoms with Gasteiger partial charge in [0, 0.05) is 24.9 Å². The minimum Gasteiger partial charge on any atom is -0.469 e. The second-order valence-electron chi connectivity index (χ2n) is 5.25. The molecule has 0 amide bonds. The van der Waals surface area contributed by atoms with Crippen molar-refractivity contribution >= 4 is 47.7 Å². The second-order valence-corrected chi connectivity index (χ2v) is 6.53. The van der Waals surface area contributed by atoms with Crippen LogP contribution in [0.1, 0.15) is 20.8 Å². The van der Waals surface area contributed by atoms with Crippen LogP contribution in [-0.2, 0) is 9.53 Å². The Bertz CT molecular complexity index is 355. The predicted octanol–water partition coefficient (Wildman–Crippen LogP) is 2.06. The van der Waals surface area contributed by atoms with Gasteiger partial charge in [0.15, 0.2) is 5.96 Å². The fourth-order valence-electron chi connectivity index (χ4n) is 2.31. The highest BCUT2D eigenvalue weighted by Crippen LogP contribution is 2.24. The smallest absolute Gasteiger partial charge is 0.310 e. The van der Waals surface area contributed by atoms with Gasteiger partial charge in [-0.1, -0.05) is 13.8 Å². The number of halogens is 1. The number of carbonyl (C=O) groups excluding carboxylic acids is 1. The molecule has 0 bridgehead atoms. The van der Waals surface area contributed by atoms with Crippen LogP contribution in [0.2, 0.25) is 0 Å². The van der Waals surface area contributed by atoms with E-state index in [1.54, 1.807) is 0 Å². The summed E-state index contributed by atoms with van der Waals surface area (Å²) in [4.78, 5) is 18.6. The second kappa shape index (κ2) is 10.5. The molecule has 0 aromatic carbocycles. The lowest BCUT2D eigenvalue weighted by Gasteiger charge is -2.22. The van der Waals surface area contributed by atoms with Gasteiger partial charge in [0.05, 0.1) is 19.6 Å². The highest BCUT2D eigenvalue weighted by molar-refractivity contribution is 14.0. The van der Waals surface area contributed by atoms with Crippen molar-refractivity contribution in [3.63, 3.8) is 0 Å². The van der Waals surface area contributed by atoms with Gasteiger partial charge in [-0.2, -0.15) is 11.8 Å². The van der Waals surface area contributed by atoms with E-state index in [1.165, 1.54) is 7.11 Å². The largest absolute Gasteiger partial charge is 0.469 e. The third-order valence-electron chi connectivity index (χ3n) is 3.65. The number of nitrogens with one attached hydrogen (secondary N) is 1. The zero-order valence-corrected chi connectivity index (χ0v) is 16.7. The van der Waals surface area contributed by atoms with E-state index < -0.39 is 0 Å². The van der Waals surface area contributed by atoms with Crippen molar-refractivity contribution in [1.29, 1.82) is 0 Å². The van der Waals surface area contributed by atoms with Gasteiger partial charge in [-0.25, -0.2) is 0 Å². The molecule has 21 heavy (non-hydrogen) atoms. The molecule has 1 aliphatic rings. The monoisotopic (exact) mass is 429 g/mol. The molecule has 0 aromatic rings. The molecule has 1 heterocycles. The average molecular weight is 429 g/mol. The summed E-state index contributed by atoms with van der Waals surface area (Å²) in [5.74, 6) is 1.03. The number of hydrogen-bond acceptors (Lipinski definition) is 4. The highest BCUT2D eigenvalue weighted by atomic mass is 127. The van der Waals surface area contributed by atoms with Gasteiger partial charge >= 0.3 is 5.97 Å². The molecule has 5 nitrogen and oxygen atoms in total. The number of guanidine groups is 1. The molecule has 1 rings (SSSR count). The standard InChI is InChI=1S/C14H27N3O2S.HI/c1-6-15-14(16-7-11(3)20-5)17-8-10(2)12(9-17)13(18)19-4;/h10-12H,6-9H2,1-5H3,(H,15,16);1H. The van der Waals surface area contributed by atoms with E-state index in [2.05, 4.69) is 42.2 Å². The Hall–Kier alpha value is -0.180. The number of likely N-dealkylation sites (tertiary alicyclic amines) is 1. The molecule has 3 atom stereocenters. The van der Waals surface area contributed by atoms with Gasteiger partial charge in [0.1, 0.15) is 0 Å². The molecule has 0 saturated carbocycles. The number of methoxy groups -OCH3 is 1. The lowest BCUT2D eigenvalue weighted by molar-refractivity contribution is -0.145. The van der Waals surface area contributed by atoms with Gasteiger partial charge in [-0.3, -0.25) is 9.79 Å². The summed E-state index contributed by atoms with van der Waals surface area (Å²) in [6.07, 6.45) is 2.10. The Morgan fingerprint density at radius 2 is 2.19 bits per heavy atom. The van der Waals surface area contributed by atoms with Gasteiger partial charge in [-0.15, -0.1) is 24.0 Å². The molecular weight excluding hydrogens is 401 g/mol. The van der Waals surface area contributed by atoms with E-state index in [9.17, 15) is 4.79 Å². The zero-order valence-electron chi connectivity index (χ0n) is 13.6. The summed E-state index contributed by atoms with van der Waals surface area (Å²) >= 11 is 1.81. The molecule has 7 heteroatoms. The van der Waals surface area contributed by atoms with Crippen molar-refractivity contribution < 1.29 is 9.53 Å². The number of thioether (sulfide) groups is 1. The molecule has 0 aromatic heterocycles. The van der Waals surface area contributed by atoms with Crippen molar-refractivity contribution in [2.45, 2.75) is 26.0 Å². The normalized spacial score (nSPS) is 23.5. The predicted molar refractivity (Wildman–Crippen MR) is 101 cm³/mol. The van der Waals surface area contributed by atoms with E-state index in [1.807, 2.05) is 11.8 Å². The first kappa shape index (κ1) is 20.8. The van der Waals surface area contributed by atoms with Crippen LogP contribution in [0.4, 0.5) is 0 Å². The van der Waals surface area contributed by atoms with Crippen molar-refractivity contribution in [2.24, 2.45) is 16.8 Å². The number of hydrogen-bond donors (Lipinski definition) is 1. The Balaban J connectivity index is 0.00000400. The third-order valence-corrected chi connectivity index (χ3v) is 4.61. The van der Waals surface area contributed by atoms with E-state index in [0.29, 0.717) is 17.7 Å². The first-order valence-electron chi connectivity index (χ1n) is 7.17. The number of ether oxygens (including phenoxy) is 1. The number of nitrogens with zero attached hydrogens (tertiary/aromatic N) is 2. The van der Waals surface area contributed by atoms with Crippen LogP contribution in [0.25, 0.3) is 0 Å². The average Bonchev–Trinajstić information content (AvgIpc) is 2.83. The summed E-state index contributed by atoms with van der Waals surface area (Å²) in [7, 11) is 1.46. The van der Waals surface area contributed by atoms with E-state index in [0.717, 1.165) is 25.6 Å². The maximum Gasteiger partial charge on any atom is 0.310 e. The van der Waals surface area contributed by atoms with Crippen LogP contribution in [0.5, 0.6) is 0 Å². The highest BCUT2D eigenvalue weighted by Gasteiger charge is 2.36. The van der Waals surface area contributed by atoms with Crippen LogP contribution >= 0.6 is 35.7 Å². The lowest BCUT2D eigenvalue weighted by Crippen LogP contribution is -2.41. The summed E-state index contributed by atoms with van der Waals surface area (Å²) < 4.78 is 4.88. The SMILES string of the molecule is CCNC(=NCC(C)SC)N1CC(C)C(C(=O)OC)C1.I. The molecule has 1 fully saturated rings. The van der Waals surface area contributed by atoms with Crippen LogP contribution in [-0.4, -0.2) is 61.6 Å². The zero-order chi connectivity index (χ0) is 15.1. The first-order valence-corrected chi connectivity index (χ1v) is 8.46. The summed E-state index contributed by atoms with van der Waals surface area (Å²) in [6, 6.07) is 0. The molecule has 0 spiro atoms. The fraction of sp³-hybridized carbons (Fsp3) is 0.857. The molecule has 124 valence electrons. The van der Waals surface area contributed by atoms with Gasteiger partial charge in [0.25, 0.3) is 0 Å². The van der Waals surface area contributed by atoms with Crippen LogP contribution < -0.4 is 5.32 Å². The Labute approximate surface area is 149 Å². The number of carbonyl (C=O) groups is 1. The molecule has 1 aliphatic heterocycles.